The van der Waals surface area contributed by atoms with Gasteiger partial charge in [0.05, 0.1) is 5.69 Å². The highest BCUT2D eigenvalue weighted by molar-refractivity contribution is 5.96. The lowest BCUT2D eigenvalue weighted by Gasteiger charge is -2.31. The Hall–Kier alpha value is -2.40. The van der Waals surface area contributed by atoms with Crippen molar-refractivity contribution in [1.82, 2.24) is 9.88 Å². The molecule has 29 heavy (non-hydrogen) atoms. The second-order valence-corrected chi connectivity index (χ2v) is 8.62. The summed E-state index contributed by atoms with van der Waals surface area (Å²) >= 11 is 0. The van der Waals surface area contributed by atoms with Gasteiger partial charge in [-0.25, -0.2) is 14.7 Å². The molecule has 0 aliphatic carbocycles. The molecule has 0 spiro atoms. The van der Waals surface area contributed by atoms with Crippen molar-refractivity contribution in [1.29, 1.82) is 0 Å². The maximum Gasteiger partial charge on any atom is 0.420 e. The zero-order valence-electron chi connectivity index (χ0n) is 18.1. The summed E-state index contributed by atoms with van der Waals surface area (Å²) in [6.45, 7) is 10.1. The molecule has 1 aliphatic rings. The number of amides is 1. The van der Waals surface area contributed by atoms with Gasteiger partial charge in [-0.05, 0) is 71.3 Å². The maximum atomic E-state index is 13.2. The molecule has 5 nitrogen and oxygen atoms in total. The van der Waals surface area contributed by atoms with Gasteiger partial charge >= 0.3 is 6.09 Å². The van der Waals surface area contributed by atoms with E-state index in [1.807, 2.05) is 57.2 Å². The van der Waals surface area contributed by atoms with Gasteiger partial charge in [-0.15, -0.1) is 0 Å². The lowest BCUT2D eigenvalue weighted by Crippen LogP contribution is -2.35. The summed E-state index contributed by atoms with van der Waals surface area (Å²) in [4.78, 5) is 22.0. The number of nitrogens with zero attached hydrogens (tertiary/aromatic N) is 3. The Morgan fingerprint density at radius 3 is 2.66 bits per heavy atom. The molecule has 1 fully saturated rings. The maximum absolute atomic E-state index is 13.2. The summed E-state index contributed by atoms with van der Waals surface area (Å²) in [5.41, 5.74) is 1.27. The smallest absolute Gasteiger partial charge is 0.420 e. The number of unbranched alkanes of at least 4 members (excludes halogenated alkanes) is 1. The predicted molar refractivity (Wildman–Crippen MR) is 118 cm³/mol. The van der Waals surface area contributed by atoms with Crippen molar-refractivity contribution in [2.45, 2.75) is 65.0 Å². The van der Waals surface area contributed by atoms with Crippen LogP contribution >= 0.6 is 0 Å². The standard InChI is InChI=1S/C24H33N3O2/c1-5-6-17-26-18-11-15-21(26)20-14-10-16-25-22(20)27(19-12-8-7-9-13-19)23(28)29-24(2,3)4/h7-10,12-14,16,21H,5-6,11,15,17-18H2,1-4H3/t21-/m1/s1. The summed E-state index contributed by atoms with van der Waals surface area (Å²) in [5.74, 6) is 0.668. The van der Waals surface area contributed by atoms with Crippen LogP contribution in [0, 0.1) is 0 Å². The average molecular weight is 396 g/mol. The van der Waals surface area contributed by atoms with Gasteiger partial charge in [0, 0.05) is 17.8 Å². The summed E-state index contributed by atoms with van der Waals surface area (Å²) in [7, 11) is 0. The molecule has 1 aromatic heterocycles. The lowest BCUT2D eigenvalue weighted by molar-refractivity contribution is 0.0597. The number of ether oxygens (including phenoxy) is 1. The van der Waals surface area contributed by atoms with Gasteiger partial charge in [0.2, 0.25) is 0 Å². The summed E-state index contributed by atoms with van der Waals surface area (Å²) < 4.78 is 5.75. The van der Waals surface area contributed by atoms with Crippen LogP contribution in [0.4, 0.5) is 16.3 Å². The fourth-order valence-electron chi connectivity index (χ4n) is 3.86. The molecular weight excluding hydrogens is 362 g/mol. The molecular formula is C24H33N3O2. The SMILES string of the molecule is CCCCN1CCC[C@@H]1c1cccnc1N(C(=O)OC(C)(C)C)c1ccccc1. The second kappa shape index (κ2) is 9.40. The van der Waals surface area contributed by atoms with Gasteiger partial charge in [-0.1, -0.05) is 37.6 Å². The third kappa shape index (κ3) is 5.36. The third-order valence-electron chi connectivity index (χ3n) is 5.14. The Labute approximate surface area is 174 Å². The molecule has 2 heterocycles. The number of hydrogen-bond donors (Lipinski definition) is 0. The molecule has 0 radical (unpaired) electrons. The second-order valence-electron chi connectivity index (χ2n) is 8.62. The number of benzene rings is 1. The largest absolute Gasteiger partial charge is 0.443 e. The van der Waals surface area contributed by atoms with Gasteiger partial charge in [-0.2, -0.15) is 0 Å². The quantitative estimate of drug-likeness (QED) is 0.593. The van der Waals surface area contributed by atoms with Crippen LogP contribution in [0.2, 0.25) is 0 Å². The first-order valence-electron chi connectivity index (χ1n) is 10.7. The molecule has 0 unspecified atom stereocenters. The van der Waals surface area contributed by atoms with Crippen molar-refractivity contribution in [3.8, 4) is 0 Å². The highest BCUT2D eigenvalue weighted by atomic mass is 16.6. The Bertz CT molecular complexity index is 801. The molecule has 1 aliphatic heterocycles. The monoisotopic (exact) mass is 395 g/mol. The molecule has 0 N–H and O–H groups in total. The Morgan fingerprint density at radius 1 is 1.21 bits per heavy atom. The van der Waals surface area contributed by atoms with Crippen molar-refractivity contribution < 1.29 is 9.53 Å². The Kier molecular flexibility index (Phi) is 6.91. The zero-order valence-corrected chi connectivity index (χ0v) is 18.1. The van der Waals surface area contributed by atoms with Gasteiger partial charge < -0.3 is 4.74 Å². The molecule has 1 saturated heterocycles. The first-order valence-corrected chi connectivity index (χ1v) is 10.7. The number of rotatable bonds is 6. The number of likely N-dealkylation sites (tertiary alicyclic amines) is 1. The molecule has 0 bridgehead atoms. The van der Waals surface area contributed by atoms with Crippen LogP contribution in [0.5, 0.6) is 0 Å². The average Bonchev–Trinajstić information content (AvgIpc) is 3.15. The van der Waals surface area contributed by atoms with E-state index in [-0.39, 0.29) is 6.04 Å². The fraction of sp³-hybridized carbons (Fsp3) is 0.500. The van der Waals surface area contributed by atoms with Crippen LogP contribution in [0.3, 0.4) is 0 Å². The fourth-order valence-corrected chi connectivity index (χ4v) is 3.86. The van der Waals surface area contributed by atoms with Crippen molar-refractivity contribution in [2.24, 2.45) is 0 Å². The van der Waals surface area contributed by atoms with Crippen LogP contribution < -0.4 is 4.90 Å². The van der Waals surface area contributed by atoms with E-state index in [4.69, 9.17) is 4.74 Å². The van der Waals surface area contributed by atoms with Crippen LogP contribution in [0.1, 0.15) is 65.0 Å². The van der Waals surface area contributed by atoms with E-state index in [1.165, 1.54) is 19.3 Å². The number of aromatic nitrogens is 1. The van der Waals surface area contributed by atoms with Gasteiger partial charge in [0.15, 0.2) is 0 Å². The number of para-hydroxylation sites is 1. The van der Waals surface area contributed by atoms with E-state index in [2.05, 4.69) is 22.9 Å². The van der Waals surface area contributed by atoms with E-state index in [9.17, 15) is 4.79 Å². The summed E-state index contributed by atoms with van der Waals surface area (Å²) in [6.07, 6.45) is 5.96. The van der Waals surface area contributed by atoms with Crippen molar-refractivity contribution >= 4 is 17.6 Å². The number of carbonyl (C=O) groups excluding carboxylic acids is 1. The van der Waals surface area contributed by atoms with Crippen LogP contribution in [0.15, 0.2) is 48.7 Å². The molecule has 5 heteroatoms. The van der Waals surface area contributed by atoms with E-state index in [0.717, 1.165) is 30.8 Å². The van der Waals surface area contributed by atoms with Crippen molar-refractivity contribution in [3.63, 3.8) is 0 Å². The van der Waals surface area contributed by atoms with E-state index >= 15 is 0 Å². The summed E-state index contributed by atoms with van der Waals surface area (Å²) in [5, 5.41) is 0. The molecule has 156 valence electrons. The highest BCUT2D eigenvalue weighted by Crippen LogP contribution is 2.39. The molecule has 0 saturated carbocycles. The first-order chi connectivity index (χ1) is 13.9. The van der Waals surface area contributed by atoms with Crippen molar-refractivity contribution in [3.05, 3.63) is 54.2 Å². The van der Waals surface area contributed by atoms with Crippen LogP contribution in [0.25, 0.3) is 0 Å². The van der Waals surface area contributed by atoms with Crippen LogP contribution in [-0.2, 0) is 4.74 Å². The number of hydrogen-bond acceptors (Lipinski definition) is 4. The molecule has 1 atom stereocenters. The van der Waals surface area contributed by atoms with Gasteiger partial charge in [0.1, 0.15) is 11.4 Å². The minimum Gasteiger partial charge on any atom is -0.443 e. The lowest BCUT2D eigenvalue weighted by atomic mass is 10.0. The van der Waals surface area contributed by atoms with E-state index in [0.29, 0.717) is 5.82 Å². The Morgan fingerprint density at radius 2 is 1.97 bits per heavy atom. The molecule has 2 aromatic rings. The van der Waals surface area contributed by atoms with Crippen molar-refractivity contribution in [2.75, 3.05) is 18.0 Å². The normalized spacial score (nSPS) is 17.3. The van der Waals surface area contributed by atoms with E-state index < -0.39 is 11.7 Å². The minimum atomic E-state index is -0.584. The minimum absolute atomic E-state index is 0.277. The van der Waals surface area contributed by atoms with E-state index in [1.54, 1.807) is 11.1 Å². The zero-order chi connectivity index (χ0) is 20.9. The topological polar surface area (TPSA) is 45.7 Å². The number of carbonyl (C=O) groups is 1. The predicted octanol–water partition coefficient (Wildman–Crippen LogP) is 6.09. The first kappa shape index (κ1) is 21.3. The number of anilines is 2. The molecule has 1 aromatic carbocycles. The third-order valence-corrected chi connectivity index (χ3v) is 5.14. The van der Waals surface area contributed by atoms with Gasteiger partial charge in [0.25, 0.3) is 0 Å². The highest BCUT2D eigenvalue weighted by Gasteiger charge is 2.33. The molecule has 3 rings (SSSR count). The number of pyridine rings is 1. The van der Waals surface area contributed by atoms with Gasteiger partial charge in [-0.3, -0.25) is 4.90 Å². The molecule has 1 amide bonds. The van der Waals surface area contributed by atoms with Crippen LogP contribution in [-0.4, -0.2) is 34.7 Å². The summed E-state index contributed by atoms with van der Waals surface area (Å²) in [6, 6.07) is 14.0. The Balaban J connectivity index is 2.02.